The van der Waals surface area contributed by atoms with Gasteiger partial charge in [-0.1, -0.05) is 24.3 Å². The van der Waals surface area contributed by atoms with Crippen molar-refractivity contribution in [2.45, 2.75) is 12.8 Å². The van der Waals surface area contributed by atoms with Crippen LogP contribution in [-0.4, -0.2) is 4.89 Å². The summed E-state index contributed by atoms with van der Waals surface area (Å²) in [7, 11) is -2.87. The number of rotatable bonds is 2. The predicted molar refractivity (Wildman–Crippen MR) is 48.3 cm³/mol. The molecule has 5 heteroatoms. The summed E-state index contributed by atoms with van der Waals surface area (Å²) in [6.45, 7) is 0.690. The maximum absolute atomic E-state index is 10.5. The molecule has 1 aliphatic rings. The summed E-state index contributed by atoms with van der Waals surface area (Å²) in [5, 5.41) is 3.00. The van der Waals surface area contributed by atoms with Gasteiger partial charge in [0.1, 0.15) is 6.23 Å². The highest BCUT2D eigenvalue weighted by Crippen LogP contribution is 2.32. The van der Waals surface area contributed by atoms with E-state index in [1.54, 1.807) is 0 Å². The second kappa shape index (κ2) is 3.60. The Kier molecular flexibility index (Phi) is 2.47. The molecule has 1 aliphatic heterocycles. The third-order valence-corrected chi connectivity index (χ3v) is 2.47. The van der Waals surface area contributed by atoms with Gasteiger partial charge in [-0.2, -0.15) is 0 Å². The third-order valence-electron chi connectivity index (χ3n) is 2.03. The van der Waals surface area contributed by atoms with E-state index >= 15 is 0 Å². The maximum atomic E-state index is 10.5. The molecule has 0 amide bonds. The van der Waals surface area contributed by atoms with Crippen LogP contribution in [0.15, 0.2) is 24.3 Å². The molecule has 2 atom stereocenters. The van der Waals surface area contributed by atoms with E-state index in [-0.39, 0.29) is 0 Å². The summed E-state index contributed by atoms with van der Waals surface area (Å²) < 4.78 is 15.3. The molecule has 1 aromatic rings. The Labute approximate surface area is 76.5 Å². The van der Waals surface area contributed by atoms with Crippen molar-refractivity contribution in [3.05, 3.63) is 35.4 Å². The van der Waals surface area contributed by atoms with E-state index in [9.17, 15) is 4.57 Å². The number of fused-ring (bicyclic) bond motifs is 1. The van der Waals surface area contributed by atoms with Crippen molar-refractivity contribution in [3.63, 3.8) is 0 Å². The highest BCUT2D eigenvalue weighted by Gasteiger charge is 2.22. The van der Waals surface area contributed by atoms with Crippen molar-refractivity contribution in [1.82, 2.24) is 5.32 Å². The van der Waals surface area contributed by atoms with E-state index in [1.807, 2.05) is 24.3 Å². The smallest absolute Gasteiger partial charge is 0.318 e. The van der Waals surface area contributed by atoms with E-state index < -0.39 is 14.5 Å². The van der Waals surface area contributed by atoms with Gasteiger partial charge in [-0.05, 0) is 5.56 Å². The Balaban J connectivity index is 2.23. The second-order valence-corrected chi connectivity index (χ2v) is 3.61. The van der Waals surface area contributed by atoms with Crippen molar-refractivity contribution in [1.29, 1.82) is 0 Å². The minimum absolute atomic E-state index is 0.424. The SMILES string of the molecule is O=[PH](O)OC1NCc2ccccc21. The molecule has 0 saturated heterocycles. The van der Waals surface area contributed by atoms with E-state index in [2.05, 4.69) is 5.32 Å². The molecule has 70 valence electrons. The fourth-order valence-corrected chi connectivity index (χ4v) is 1.88. The first kappa shape index (κ1) is 8.91. The van der Waals surface area contributed by atoms with E-state index in [0.29, 0.717) is 6.54 Å². The van der Waals surface area contributed by atoms with Crippen LogP contribution < -0.4 is 5.32 Å². The van der Waals surface area contributed by atoms with Crippen LogP contribution in [0, 0.1) is 0 Å². The molecule has 2 N–H and O–H groups in total. The fraction of sp³-hybridized carbons (Fsp3) is 0.250. The Bertz CT molecular complexity index is 342. The quantitative estimate of drug-likeness (QED) is 0.702. The normalized spacial score (nSPS) is 22.7. The van der Waals surface area contributed by atoms with Gasteiger partial charge in [-0.3, -0.25) is 14.4 Å². The Hall–Kier alpha value is -0.670. The lowest BCUT2D eigenvalue weighted by atomic mass is 10.1. The van der Waals surface area contributed by atoms with Crippen LogP contribution in [0.25, 0.3) is 0 Å². The van der Waals surface area contributed by atoms with Gasteiger partial charge < -0.3 is 4.89 Å². The lowest BCUT2D eigenvalue weighted by molar-refractivity contribution is 0.167. The van der Waals surface area contributed by atoms with Gasteiger partial charge in [0.05, 0.1) is 0 Å². The highest BCUT2D eigenvalue weighted by atomic mass is 31.1. The molecule has 0 radical (unpaired) electrons. The van der Waals surface area contributed by atoms with Crippen LogP contribution in [-0.2, 0) is 15.6 Å². The summed E-state index contributed by atoms with van der Waals surface area (Å²) in [5.41, 5.74) is 2.07. The van der Waals surface area contributed by atoms with Crippen molar-refractivity contribution >= 4 is 8.25 Å². The van der Waals surface area contributed by atoms with Crippen LogP contribution in [0.1, 0.15) is 17.4 Å². The number of hydrogen-bond acceptors (Lipinski definition) is 3. The molecule has 1 heterocycles. The Morgan fingerprint density at radius 2 is 2.31 bits per heavy atom. The monoisotopic (exact) mass is 199 g/mol. The lowest BCUT2D eigenvalue weighted by Crippen LogP contribution is -2.12. The average Bonchev–Trinajstić information content (AvgIpc) is 2.48. The highest BCUT2D eigenvalue weighted by molar-refractivity contribution is 7.32. The van der Waals surface area contributed by atoms with Crippen LogP contribution in [0.3, 0.4) is 0 Å². The molecular weight excluding hydrogens is 189 g/mol. The number of hydrogen-bond donors (Lipinski definition) is 2. The van der Waals surface area contributed by atoms with Crippen LogP contribution in [0.4, 0.5) is 0 Å². The third kappa shape index (κ3) is 1.81. The first-order valence-corrected chi connectivity index (χ1v) is 5.24. The first-order chi connectivity index (χ1) is 6.27. The minimum Gasteiger partial charge on any atom is -0.326 e. The van der Waals surface area contributed by atoms with E-state index in [1.165, 1.54) is 0 Å². The standard InChI is InChI=1S/C8H10NO3P/c10-13(11)12-8-7-4-2-1-3-6(7)5-9-8/h1-4,8-9,13H,5H2,(H,10,11). The van der Waals surface area contributed by atoms with Crippen molar-refractivity contribution < 1.29 is 14.0 Å². The Morgan fingerprint density at radius 3 is 3.08 bits per heavy atom. The van der Waals surface area contributed by atoms with Gasteiger partial charge in [0, 0.05) is 12.1 Å². The zero-order chi connectivity index (χ0) is 9.26. The molecule has 0 bridgehead atoms. The first-order valence-electron chi connectivity index (χ1n) is 3.98. The molecule has 0 aliphatic carbocycles. The van der Waals surface area contributed by atoms with E-state index in [0.717, 1.165) is 11.1 Å². The molecule has 13 heavy (non-hydrogen) atoms. The maximum Gasteiger partial charge on any atom is 0.318 e. The van der Waals surface area contributed by atoms with Gasteiger partial charge in [-0.25, -0.2) is 0 Å². The van der Waals surface area contributed by atoms with Crippen molar-refractivity contribution in [2.24, 2.45) is 0 Å². The lowest BCUT2D eigenvalue weighted by Gasteiger charge is -2.09. The fourth-order valence-electron chi connectivity index (χ4n) is 1.47. The number of nitrogens with one attached hydrogen (secondary N) is 1. The van der Waals surface area contributed by atoms with Gasteiger partial charge in [-0.15, -0.1) is 0 Å². The molecule has 4 nitrogen and oxygen atoms in total. The summed E-state index contributed by atoms with van der Waals surface area (Å²) in [5.74, 6) is 0. The van der Waals surface area contributed by atoms with E-state index in [4.69, 9.17) is 9.42 Å². The molecular formula is C8H10NO3P. The zero-order valence-electron chi connectivity index (χ0n) is 6.86. The molecule has 0 aromatic heterocycles. The van der Waals surface area contributed by atoms with Crippen molar-refractivity contribution in [3.8, 4) is 0 Å². The van der Waals surface area contributed by atoms with Gasteiger partial charge >= 0.3 is 8.25 Å². The topological polar surface area (TPSA) is 58.6 Å². The minimum atomic E-state index is -2.87. The largest absolute Gasteiger partial charge is 0.326 e. The van der Waals surface area contributed by atoms with Gasteiger partial charge in [0.15, 0.2) is 0 Å². The average molecular weight is 199 g/mol. The zero-order valence-corrected chi connectivity index (χ0v) is 7.86. The molecule has 0 fully saturated rings. The van der Waals surface area contributed by atoms with Gasteiger partial charge in [0.2, 0.25) is 0 Å². The number of benzene rings is 1. The molecule has 1 aromatic carbocycles. The van der Waals surface area contributed by atoms with Crippen LogP contribution in [0.5, 0.6) is 0 Å². The summed E-state index contributed by atoms with van der Waals surface area (Å²) >= 11 is 0. The van der Waals surface area contributed by atoms with Crippen LogP contribution in [0.2, 0.25) is 0 Å². The second-order valence-electron chi connectivity index (χ2n) is 2.84. The molecule has 2 unspecified atom stereocenters. The summed E-state index contributed by atoms with van der Waals surface area (Å²) in [4.78, 5) is 8.62. The summed E-state index contributed by atoms with van der Waals surface area (Å²) in [6.07, 6.45) is -0.424. The molecule has 0 spiro atoms. The van der Waals surface area contributed by atoms with Gasteiger partial charge in [0.25, 0.3) is 0 Å². The Morgan fingerprint density at radius 1 is 1.54 bits per heavy atom. The van der Waals surface area contributed by atoms with Crippen molar-refractivity contribution in [2.75, 3.05) is 0 Å². The van der Waals surface area contributed by atoms with Crippen LogP contribution >= 0.6 is 8.25 Å². The predicted octanol–water partition coefficient (Wildman–Crippen LogP) is 1.19. The summed E-state index contributed by atoms with van der Waals surface area (Å²) in [6, 6.07) is 7.69. The molecule has 0 saturated carbocycles. The molecule has 2 rings (SSSR count).